The van der Waals surface area contributed by atoms with Gasteiger partial charge in [-0.3, -0.25) is 0 Å². The predicted molar refractivity (Wildman–Crippen MR) is 81.1 cm³/mol. The lowest BCUT2D eigenvalue weighted by atomic mass is 10.1. The summed E-state index contributed by atoms with van der Waals surface area (Å²) in [5, 5.41) is 3.42. The van der Waals surface area contributed by atoms with Crippen LogP contribution in [0.15, 0.2) is 35.7 Å². The van der Waals surface area contributed by atoms with Gasteiger partial charge >= 0.3 is 0 Å². The first-order valence-electron chi connectivity index (χ1n) is 6.85. The summed E-state index contributed by atoms with van der Waals surface area (Å²) in [7, 11) is -1.86. The van der Waals surface area contributed by atoms with Crippen LogP contribution in [0, 0.1) is 6.92 Å². The molecule has 20 heavy (non-hydrogen) atoms. The molecule has 1 N–H and O–H groups in total. The number of hydrogen-bond donors (Lipinski definition) is 1. The minimum absolute atomic E-state index is 0.311. The maximum Gasteiger partial charge on any atom is 0.243 e. The third kappa shape index (κ3) is 3.48. The Morgan fingerprint density at radius 3 is 2.75 bits per heavy atom. The molecule has 0 aliphatic heterocycles. The maximum atomic E-state index is 12.4. The van der Waals surface area contributed by atoms with Gasteiger partial charge in [-0.25, -0.2) is 8.42 Å². The molecule has 0 amide bonds. The Balaban J connectivity index is 2.22. The molecular formula is C15H22N2O2S. The van der Waals surface area contributed by atoms with Crippen LogP contribution in [-0.2, 0) is 16.6 Å². The van der Waals surface area contributed by atoms with E-state index in [4.69, 9.17) is 0 Å². The van der Waals surface area contributed by atoms with E-state index in [2.05, 4.69) is 11.9 Å². The average molecular weight is 294 g/mol. The highest BCUT2D eigenvalue weighted by Gasteiger charge is 2.22. The Hall–Kier alpha value is -1.17. The highest BCUT2D eigenvalue weighted by molar-refractivity contribution is 7.89. The van der Waals surface area contributed by atoms with Gasteiger partial charge in [-0.1, -0.05) is 12.1 Å². The Morgan fingerprint density at radius 1 is 1.45 bits per heavy atom. The lowest BCUT2D eigenvalue weighted by Gasteiger charge is -2.16. The zero-order valence-corrected chi connectivity index (χ0v) is 12.9. The summed E-state index contributed by atoms with van der Waals surface area (Å²) < 4.78 is 26.1. The molecule has 1 aliphatic rings. The molecule has 0 atom stereocenters. The summed E-state index contributed by atoms with van der Waals surface area (Å²) in [6, 6.07) is 5.93. The van der Waals surface area contributed by atoms with E-state index in [0.29, 0.717) is 17.5 Å². The summed E-state index contributed by atoms with van der Waals surface area (Å²) in [5.41, 5.74) is 2.16. The predicted octanol–water partition coefficient (Wildman–Crippen LogP) is 2.05. The summed E-state index contributed by atoms with van der Waals surface area (Å²) in [4.78, 5) is 0.347. The van der Waals surface area contributed by atoms with E-state index in [0.717, 1.165) is 17.7 Å². The van der Waals surface area contributed by atoms with Crippen LogP contribution in [0.4, 0.5) is 0 Å². The average Bonchev–Trinajstić information content (AvgIpc) is 3.22. The highest BCUT2D eigenvalue weighted by Crippen LogP contribution is 2.22. The van der Waals surface area contributed by atoms with Crippen LogP contribution in [0.25, 0.3) is 0 Å². The molecule has 1 aromatic carbocycles. The number of nitrogens with zero attached hydrogens (tertiary/aromatic N) is 1. The normalized spacial score (nSPS) is 15.6. The topological polar surface area (TPSA) is 49.4 Å². The molecule has 1 saturated carbocycles. The van der Waals surface area contributed by atoms with Gasteiger partial charge in [-0.05, 0) is 43.0 Å². The third-order valence-corrected chi connectivity index (χ3v) is 5.39. The van der Waals surface area contributed by atoms with Crippen LogP contribution in [-0.4, -0.2) is 32.4 Å². The van der Waals surface area contributed by atoms with Gasteiger partial charge in [0.15, 0.2) is 0 Å². The Morgan fingerprint density at radius 2 is 2.15 bits per heavy atom. The van der Waals surface area contributed by atoms with Crippen molar-refractivity contribution in [3.63, 3.8) is 0 Å². The van der Waals surface area contributed by atoms with Gasteiger partial charge < -0.3 is 5.32 Å². The third-order valence-electron chi connectivity index (χ3n) is 3.57. The molecule has 0 heterocycles. The fraction of sp³-hybridized carbons (Fsp3) is 0.467. The highest BCUT2D eigenvalue weighted by atomic mass is 32.2. The second-order valence-corrected chi connectivity index (χ2v) is 7.36. The quantitative estimate of drug-likeness (QED) is 0.783. The number of hydrogen-bond acceptors (Lipinski definition) is 3. The van der Waals surface area contributed by atoms with Crippen molar-refractivity contribution in [2.45, 2.75) is 37.2 Å². The zero-order valence-electron chi connectivity index (χ0n) is 12.1. The SMILES string of the molecule is C=CCN(C)S(=O)(=O)c1ccc(C)c(CNC2CC2)c1. The summed E-state index contributed by atoms with van der Waals surface area (Å²) >= 11 is 0. The van der Waals surface area contributed by atoms with E-state index >= 15 is 0 Å². The number of nitrogens with one attached hydrogen (secondary N) is 1. The second kappa shape index (κ2) is 6.08. The van der Waals surface area contributed by atoms with Crippen LogP contribution in [0.5, 0.6) is 0 Å². The van der Waals surface area contributed by atoms with E-state index in [9.17, 15) is 8.42 Å². The van der Waals surface area contributed by atoms with E-state index in [1.807, 2.05) is 13.0 Å². The second-order valence-electron chi connectivity index (χ2n) is 5.32. The molecular weight excluding hydrogens is 272 g/mol. The van der Waals surface area contributed by atoms with Crippen molar-refractivity contribution >= 4 is 10.0 Å². The summed E-state index contributed by atoms with van der Waals surface area (Å²) in [5.74, 6) is 0. The summed E-state index contributed by atoms with van der Waals surface area (Å²) in [6.07, 6.45) is 4.03. The Labute approximate surface area is 121 Å². The molecule has 0 saturated heterocycles. The van der Waals surface area contributed by atoms with Gasteiger partial charge in [0.05, 0.1) is 4.90 Å². The monoisotopic (exact) mass is 294 g/mol. The number of sulfonamides is 1. The zero-order chi connectivity index (χ0) is 14.8. The van der Waals surface area contributed by atoms with Gasteiger partial charge in [0.1, 0.15) is 0 Å². The molecule has 4 nitrogen and oxygen atoms in total. The van der Waals surface area contributed by atoms with E-state index in [-0.39, 0.29) is 0 Å². The van der Waals surface area contributed by atoms with Gasteiger partial charge in [0.2, 0.25) is 10.0 Å². The smallest absolute Gasteiger partial charge is 0.243 e. The van der Waals surface area contributed by atoms with Gasteiger partial charge in [0.25, 0.3) is 0 Å². The number of benzene rings is 1. The lowest BCUT2D eigenvalue weighted by molar-refractivity contribution is 0.499. The molecule has 2 rings (SSSR count). The van der Waals surface area contributed by atoms with Crippen molar-refractivity contribution in [3.05, 3.63) is 42.0 Å². The van der Waals surface area contributed by atoms with Crippen molar-refractivity contribution in [2.75, 3.05) is 13.6 Å². The largest absolute Gasteiger partial charge is 0.310 e. The van der Waals surface area contributed by atoms with Crippen molar-refractivity contribution < 1.29 is 8.42 Å². The van der Waals surface area contributed by atoms with E-state index < -0.39 is 10.0 Å². The molecule has 110 valence electrons. The van der Waals surface area contributed by atoms with Crippen molar-refractivity contribution in [1.82, 2.24) is 9.62 Å². The number of aryl methyl sites for hydroxylation is 1. The van der Waals surface area contributed by atoms with Crippen LogP contribution in [0.3, 0.4) is 0 Å². The minimum atomic E-state index is -3.43. The molecule has 0 aromatic heterocycles. The molecule has 1 fully saturated rings. The van der Waals surface area contributed by atoms with E-state index in [1.54, 1.807) is 25.3 Å². The molecule has 1 aliphatic carbocycles. The molecule has 0 radical (unpaired) electrons. The molecule has 0 bridgehead atoms. The lowest BCUT2D eigenvalue weighted by Crippen LogP contribution is -2.27. The molecule has 5 heteroatoms. The maximum absolute atomic E-state index is 12.4. The first kappa shape index (κ1) is 15.2. The first-order valence-corrected chi connectivity index (χ1v) is 8.29. The van der Waals surface area contributed by atoms with E-state index in [1.165, 1.54) is 17.1 Å². The molecule has 1 aromatic rings. The molecule has 0 unspecified atom stereocenters. The van der Waals surface area contributed by atoms with Gasteiger partial charge in [-0.2, -0.15) is 4.31 Å². The van der Waals surface area contributed by atoms with Crippen LogP contribution >= 0.6 is 0 Å². The van der Waals surface area contributed by atoms with Crippen molar-refractivity contribution in [3.8, 4) is 0 Å². The van der Waals surface area contributed by atoms with Crippen molar-refractivity contribution in [2.24, 2.45) is 0 Å². The van der Waals surface area contributed by atoms with Gasteiger partial charge in [0, 0.05) is 26.2 Å². The fourth-order valence-electron chi connectivity index (χ4n) is 2.00. The number of rotatable bonds is 7. The fourth-order valence-corrected chi connectivity index (χ4v) is 3.19. The van der Waals surface area contributed by atoms with Crippen molar-refractivity contribution in [1.29, 1.82) is 0 Å². The number of likely N-dealkylation sites (N-methyl/N-ethyl adjacent to an activating group) is 1. The minimum Gasteiger partial charge on any atom is -0.310 e. The Bertz CT molecular complexity index is 592. The van der Waals surface area contributed by atoms with Crippen LogP contribution in [0.2, 0.25) is 0 Å². The Kier molecular flexibility index (Phi) is 4.62. The van der Waals surface area contributed by atoms with Gasteiger partial charge in [-0.15, -0.1) is 6.58 Å². The molecule has 0 spiro atoms. The van der Waals surface area contributed by atoms with Crippen LogP contribution in [0.1, 0.15) is 24.0 Å². The first-order chi connectivity index (χ1) is 9.45. The summed E-state index contributed by atoms with van der Waals surface area (Å²) in [6.45, 7) is 6.63. The standard InChI is InChI=1S/C15H22N2O2S/c1-4-9-17(3)20(18,19)15-8-5-12(2)13(10-15)11-16-14-6-7-14/h4-5,8,10,14,16H,1,6-7,9,11H2,2-3H3. The van der Waals surface area contributed by atoms with Crippen LogP contribution < -0.4 is 5.32 Å².